The lowest BCUT2D eigenvalue weighted by molar-refractivity contribution is 0.517. The van der Waals surface area contributed by atoms with Crippen LogP contribution in [0.2, 0.25) is 0 Å². The van der Waals surface area contributed by atoms with E-state index in [1.54, 1.807) is 0 Å². The van der Waals surface area contributed by atoms with Crippen LogP contribution in [0.1, 0.15) is 38.5 Å². The average molecular weight is 139 g/mol. The first-order valence-corrected chi connectivity index (χ1v) is 4.30. The van der Waals surface area contributed by atoms with E-state index in [1.165, 1.54) is 38.5 Å². The van der Waals surface area contributed by atoms with Crippen molar-refractivity contribution in [2.45, 2.75) is 44.6 Å². The molecule has 0 amide bonds. The molecule has 1 N–H and O–H groups in total. The van der Waals surface area contributed by atoms with E-state index < -0.39 is 0 Å². The molecule has 0 atom stereocenters. The summed E-state index contributed by atoms with van der Waals surface area (Å²) in [7, 11) is 0. The van der Waals surface area contributed by atoms with Crippen LogP contribution in [0.4, 0.5) is 0 Å². The zero-order valence-corrected chi connectivity index (χ0v) is 6.60. The van der Waals surface area contributed by atoms with Gasteiger partial charge in [-0.3, -0.25) is 0 Å². The van der Waals surface area contributed by atoms with Gasteiger partial charge in [0, 0.05) is 6.04 Å². The first kappa shape index (κ1) is 7.64. The summed E-state index contributed by atoms with van der Waals surface area (Å²) in [6.07, 6.45) is 10.1. The third-order valence-corrected chi connectivity index (χ3v) is 2.21. The maximum atomic E-state index is 3.67. The third kappa shape index (κ3) is 2.42. The molecule has 1 rings (SSSR count). The predicted octanol–water partition coefficient (Wildman–Crippen LogP) is 2.44. The molecule has 1 heteroatoms. The van der Waals surface area contributed by atoms with E-state index in [0.29, 0.717) is 0 Å². The van der Waals surface area contributed by atoms with Crippen LogP contribution in [0.5, 0.6) is 0 Å². The van der Waals surface area contributed by atoms with Crippen molar-refractivity contribution in [2.75, 3.05) is 0 Å². The molecule has 0 aromatic heterocycles. The highest BCUT2D eigenvalue weighted by Gasteiger charge is 2.08. The summed E-state index contributed by atoms with van der Waals surface area (Å²) >= 11 is 0. The Balaban J connectivity index is 2.21. The maximum absolute atomic E-state index is 3.67. The average Bonchev–Trinajstić information content (AvgIpc) is 2.17. The molecule has 10 heavy (non-hydrogen) atoms. The fourth-order valence-electron chi connectivity index (χ4n) is 1.61. The van der Waals surface area contributed by atoms with Crippen LogP contribution >= 0.6 is 0 Å². The number of rotatable bonds is 2. The smallest absolute Gasteiger partial charge is 0.0255 e. The molecule has 0 spiro atoms. The lowest BCUT2D eigenvalue weighted by atomic mass is 10.1. The summed E-state index contributed by atoms with van der Waals surface area (Å²) in [6, 6.07) is 0.722. The van der Waals surface area contributed by atoms with Crippen molar-refractivity contribution in [3.63, 3.8) is 0 Å². The Kier molecular flexibility index (Phi) is 3.34. The second kappa shape index (κ2) is 4.37. The molecule has 1 aliphatic rings. The summed E-state index contributed by atoms with van der Waals surface area (Å²) in [5.74, 6) is 0. The van der Waals surface area contributed by atoms with Crippen molar-refractivity contribution in [1.29, 1.82) is 0 Å². The third-order valence-electron chi connectivity index (χ3n) is 2.21. The highest BCUT2D eigenvalue weighted by atomic mass is 14.9. The second-order valence-corrected chi connectivity index (χ2v) is 3.06. The first-order chi connectivity index (χ1) is 4.93. The number of nitrogens with one attached hydrogen (secondary N) is 1. The van der Waals surface area contributed by atoms with E-state index in [4.69, 9.17) is 0 Å². The maximum Gasteiger partial charge on any atom is 0.0255 e. The topological polar surface area (TPSA) is 12.0 Å². The summed E-state index contributed by atoms with van der Waals surface area (Å²) in [6.45, 7) is 3.67. The SMILES string of the molecule is C=CNC1CCCCCC1. The van der Waals surface area contributed by atoms with Crippen LogP contribution in [0.15, 0.2) is 12.8 Å². The summed E-state index contributed by atoms with van der Waals surface area (Å²) in [5, 5.41) is 3.29. The van der Waals surface area contributed by atoms with Crippen LogP contribution in [-0.4, -0.2) is 6.04 Å². The van der Waals surface area contributed by atoms with Crippen LogP contribution in [-0.2, 0) is 0 Å². The normalized spacial score (nSPS) is 21.6. The molecule has 1 saturated carbocycles. The highest BCUT2D eigenvalue weighted by molar-refractivity contribution is 4.75. The molecule has 0 aromatic carbocycles. The zero-order chi connectivity index (χ0) is 7.23. The fourth-order valence-corrected chi connectivity index (χ4v) is 1.61. The quantitative estimate of drug-likeness (QED) is 0.579. The van der Waals surface area contributed by atoms with E-state index in [9.17, 15) is 0 Å². The molecular formula is C9H17N. The van der Waals surface area contributed by atoms with Crippen LogP contribution < -0.4 is 5.32 Å². The van der Waals surface area contributed by atoms with E-state index in [2.05, 4.69) is 11.9 Å². The molecular weight excluding hydrogens is 122 g/mol. The minimum atomic E-state index is 0.722. The minimum absolute atomic E-state index is 0.722. The summed E-state index contributed by atoms with van der Waals surface area (Å²) in [5.41, 5.74) is 0. The molecule has 0 bridgehead atoms. The van der Waals surface area contributed by atoms with Gasteiger partial charge < -0.3 is 5.32 Å². The van der Waals surface area contributed by atoms with E-state index >= 15 is 0 Å². The molecule has 0 aromatic rings. The van der Waals surface area contributed by atoms with Crippen molar-refractivity contribution in [3.05, 3.63) is 12.8 Å². The second-order valence-electron chi connectivity index (χ2n) is 3.06. The Morgan fingerprint density at radius 3 is 2.20 bits per heavy atom. The van der Waals surface area contributed by atoms with Gasteiger partial charge in [-0.1, -0.05) is 32.3 Å². The number of hydrogen-bond donors (Lipinski definition) is 1. The van der Waals surface area contributed by atoms with Gasteiger partial charge in [0.15, 0.2) is 0 Å². The predicted molar refractivity (Wildman–Crippen MR) is 44.8 cm³/mol. The van der Waals surface area contributed by atoms with Crippen molar-refractivity contribution in [1.82, 2.24) is 5.32 Å². The molecule has 0 aliphatic heterocycles. The Morgan fingerprint density at radius 1 is 1.10 bits per heavy atom. The Morgan fingerprint density at radius 2 is 1.70 bits per heavy atom. The van der Waals surface area contributed by atoms with Crippen molar-refractivity contribution < 1.29 is 0 Å². The highest BCUT2D eigenvalue weighted by Crippen LogP contribution is 2.16. The monoisotopic (exact) mass is 139 g/mol. The van der Waals surface area contributed by atoms with Gasteiger partial charge in [-0.25, -0.2) is 0 Å². The zero-order valence-electron chi connectivity index (χ0n) is 6.60. The molecule has 0 radical (unpaired) electrons. The standard InChI is InChI=1S/C9H17N/c1-2-10-9-7-5-3-4-6-8-9/h2,9-10H,1,3-8H2. The number of hydrogen-bond acceptors (Lipinski definition) is 1. The summed E-state index contributed by atoms with van der Waals surface area (Å²) < 4.78 is 0. The molecule has 0 heterocycles. The van der Waals surface area contributed by atoms with Crippen molar-refractivity contribution in [2.24, 2.45) is 0 Å². The van der Waals surface area contributed by atoms with Gasteiger partial charge in [0.2, 0.25) is 0 Å². The van der Waals surface area contributed by atoms with Crippen molar-refractivity contribution >= 4 is 0 Å². The van der Waals surface area contributed by atoms with Gasteiger partial charge >= 0.3 is 0 Å². The van der Waals surface area contributed by atoms with Gasteiger partial charge in [-0.05, 0) is 19.0 Å². The minimum Gasteiger partial charge on any atom is -0.389 e. The first-order valence-electron chi connectivity index (χ1n) is 4.30. The largest absolute Gasteiger partial charge is 0.389 e. The van der Waals surface area contributed by atoms with Crippen LogP contribution in [0.3, 0.4) is 0 Å². The van der Waals surface area contributed by atoms with E-state index in [0.717, 1.165) is 6.04 Å². The lowest BCUT2D eigenvalue weighted by Crippen LogP contribution is -2.22. The summed E-state index contributed by atoms with van der Waals surface area (Å²) in [4.78, 5) is 0. The lowest BCUT2D eigenvalue weighted by Gasteiger charge is -2.12. The molecule has 58 valence electrons. The van der Waals surface area contributed by atoms with Crippen LogP contribution in [0, 0.1) is 0 Å². The molecule has 1 nitrogen and oxygen atoms in total. The van der Waals surface area contributed by atoms with E-state index in [-0.39, 0.29) is 0 Å². The Hall–Kier alpha value is -0.460. The van der Waals surface area contributed by atoms with Gasteiger partial charge in [0.25, 0.3) is 0 Å². The van der Waals surface area contributed by atoms with Gasteiger partial charge in [0.1, 0.15) is 0 Å². The van der Waals surface area contributed by atoms with Crippen molar-refractivity contribution in [3.8, 4) is 0 Å². The molecule has 1 aliphatic carbocycles. The fraction of sp³-hybridized carbons (Fsp3) is 0.778. The Labute approximate surface area is 63.5 Å². The van der Waals surface area contributed by atoms with Crippen LogP contribution in [0.25, 0.3) is 0 Å². The Bertz CT molecular complexity index is 90.9. The van der Waals surface area contributed by atoms with Gasteiger partial charge in [0.05, 0.1) is 0 Å². The van der Waals surface area contributed by atoms with Gasteiger partial charge in [-0.15, -0.1) is 0 Å². The van der Waals surface area contributed by atoms with Gasteiger partial charge in [-0.2, -0.15) is 0 Å². The molecule has 1 fully saturated rings. The molecule has 0 saturated heterocycles. The molecule has 0 unspecified atom stereocenters. The van der Waals surface area contributed by atoms with E-state index in [1.807, 2.05) is 6.20 Å².